The van der Waals surface area contributed by atoms with Gasteiger partial charge in [0.1, 0.15) is 0 Å². The first-order valence-electron chi connectivity index (χ1n) is 4.44. The molecule has 0 heterocycles. The lowest BCUT2D eigenvalue weighted by molar-refractivity contribution is -0.137. The molecule has 0 saturated carbocycles. The Morgan fingerprint density at radius 1 is 1.41 bits per heavy atom. The zero-order chi connectivity index (χ0) is 13.1. The quantitative estimate of drug-likeness (QED) is 0.776. The van der Waals surface area contributed by atoms with Crippen molar-refractivity contribution in [2.24, 2.45) is 5.73 Å². The topological polar surface area (TPSA) is 43.1 Å². The molecule has 0 spiro atoms. The summed E-state index contributed by atoms with van der Waals surface area (Å²) in [6, 6.07) is 3.28. The Balaban J connectivity index is 3.04. The molecule has 1 aromatic carbocycles. The SMILES string of the molecule is NC(=O)CC#Cc1ccc(Cl)c(C(F)(F)F)c1. The molecule has 0 radical (unpaired) electrons. The van der Waals surface area contributed by atoms with Gasteiger partial charge in [-0.1, -0.05) is 23.4 Å². The maximum absolute atomic E-state index is 12.5. The molecule has 0 bridgehead atoms. The molecule has 0 saturated heterocycles. The van der Waals surface area contributed by atoms with Crippen molar-refractivity contribution in [1.29, 1.82) is 0 Å². The summed E-state index contributed by atoms with van der Waals surface area (Å²) in [5.41, 5.74) is 4.01. The van der Waals surface area contributed by atoms with Gasteiger partial charge in [0.15, 0.2) is 0 Å². The van der Waals surface area contributed by atoms with Gasteiger partial charge in [0.25, 0.3) is 0 Å². The third-order valence-corrected chi connectivity index (χ3v) is 2.10. The summed E-state index contributed by atoms with van der Waals surface area (Å²) in [6.07, 6.45) is -4.73. The van der Waals surface area contributed by atoms with E-state index in [4.69, 9.17) is 17.3 Å². The fourth-order valence-electron chi connectivity index (χ4n) is 1.05. The van der Waals surface area contributed by atoms with Crippen LogP contribution in [-0.4, -0.2) is 5.91 Å². The second-order valence-electron chi connectivity index (χ2n) is 3.14. The Labute approximate surface area is 101 Å². The van der Waals surface area contributed by atoms with Gasteiger partial charge < -0.3 is 5.73 Å². The lowest BCUT2D eigenvalue weighted by atomic mass is 10.1. The van der Waals surface area contributed by atoms with Crippen LogP contribution in [0.5, 0.6) is 0 Å². The summed E-state index contributed by atoms with van der Waals surface area (Å²) in [7, 11) is 0. The molecule has 0 aliphatic heterocycles. The number of hydrogen-bond acceptors (Lipinski definition) is 1. The summed E-state index contributed by atoms with van der Waals surface area (Å²) in [6.45, 7) is 0. The van der Waals surface area contributed by atoms with Crippen molar-refractivity contribution in [3.05, 3.63) is 34.3 Å². The van der Waals surface area contributed by atoms with Crippen LogP contribution in [-0.2, 0) is 11.0 Å². The Hall–Kier alpha value is -1.67. The highest BCUT2D eigenvalue weighted by Crippen LogP contribution is 2.34. The Kier molecular flexibility index (Phi) is 4.02. The van der Waals surface area contributed by atoms with Gasteiger partial charge in [-0.15, -0.1) is 0 Å². The summed E-state index contributed by atoms with van der Waals surface area (Å²) < 4.78 is 37.4. The maximum Gasteiger partial charge on any atom is 0.417 e. The molecule has 1 rings (SSSR count). The van der Waals surface area contributed by atoms with Crippen LogP contribution in [0.3, 0.4) is 0 Å². The van der Waals surface area contributed by atoms with Crippen molar-refractivity contribution in [2.75, 3.05) is 0 Å². The van der Waals surface area contributed by atoms with E-state index in [1.165, 1.54) is 6.07 Å². The van der Waals surface area contributed by atoms with Crippen molar-refractivity contribution >= 4 is 17.5 Å². The zero-order valence-corrected chi connectivity index (χ0v) is 9.19. The predicted molar refractivity (Wildman–Crippen MR) is 57.1 cm³/mol. The Morgan fingerprint density at radius 2 is 2.06 bits per heavy atom. The number of amides is 1. The second-order valence-corrected chi connectivity index (χ2v) is 3.54. The van der Waals surface area contributed by atoms with E-state index in [9.17, 15) is 18.0 Å². The van der Waals surface area contributed by atoms with Crippen molar-refractivity contribution in [3.63, 3.8) is 0 Å². The van der Waals surface area contributed by atoms with Gasteiger partial charge in [-0.25, -0.2) is 0 Å². The number of hydrogen-bond donors (Lipinski definition) is 1. The van der Waals surface area contributed by atoms with Crippen LogP contribution in [0, 0.1) is 11.8 Å². The number of carbonyl (C=O) groups excluding carboxylic acids is 1. The smallest absolute Gasteiger partial charge is 0.369 e. The predicted octanol–water partition coefficient (Wildman–Crippen LogP) is 2.59. The largest absolute Gasteiger partial charge is 0.417 e. The van der Waals surface area contributed by atoms with Gasteiger partial charge in [0.2, 0.25) is 5.91 Å². The minimum Gasteiger partial charge on any atom is -0.369 e. The van der Waals surface area contributed by atoms with Gasteiger partial charge in [-0.05, 0) is 18.2 Å². The number of benzene rings is 1. The molecule has 17 heavy (non-hydrogen) atoms. The molecule has 2 N–H and O–H groups in total. The molecule has 0 aliphatic carbocycles. The first-order chi connectivity index (χ1) is 7.80. The standard InChI is InChI=1S/C11H7ClF3NO/c12-9-5-4-7(2-1-3-10(16)17)6-8(9)11(13,14)15/h4-6H,3H2,(H2,16,17). The third-order valence-electron chi connectivity index (χ3n) is 1.77. The zero-order valence-electron chi connectivity index (χ0n) is 8.44. The molecule has 0 aliphatic rings. The fourth-order valence-corrected chi connectivity index (χ4v) is 1.28. The van der Waals surface area contributed by atoms with E-state index >= 15 is 0 Å². The number of nitrogens with two attached hydrogens (primary N) is 1. The highest BCUT2D eigenvalue weighted by Gasteiger charge is 2.33. The van der Waals surface area contributed by atoms with Crippen LogP contribution in [0.4, 0.5) is 13.2 Å². The maximum atomic E-state index is 12.5. The van der Waals surface area contributed by atoms with E-state index in [0.717, 1.165) is 12.1 Å². The Bertz CT molecular complexity index is 500. The molecular weight excluding hydrogens is 255 g/mol. The number of primary amides is 1. The van der Waals surface area contributed by atoms with Crippen molar-refractivity contribution < 1.29 is 18.0 Å². The lowest BCUT2D eigenvalue weighted by Crippen LogP contribution is -2.08. The number of halogens is 4. The van der Waals surface area contributed by atoms with Crippen molar-refractivity contribution in [2.45, 2.75) is 12.6 Å². The Morgan fingerprint density at radius 3 is 2.59 bits per heavy atom. The molecule has 90 valence electrons. The number of rotatable bonds is 1. The van der Waals surface area contributed by atoms with E-state index < -0.39 is 22.7 Å². The molecule has 0 fully saturated rings. The molecule has 6 heteroatoms. The highest BCUT2D eigenvalue weighted by molar-refractivity contribution is 6.31. The van der Waals surface area contributed by atoms with E-state index in [-0.39, 0.29) is 12.0 Å². The van der Waals surface area contributed by atoms with Crippen LogP contribution in [0.1, 0.15) is 17.5 Å². The third kappa shape index (κ3) is 4.00. The molecule has 2 nitrogen and oxygen atoms in total. The lowest BCUT2D eigenvalue weighted by Gasteiger charge is -2.08. The molecule has 0 atom stereocenters. The van der Waals surface area contributed by atoms with Gasteiger partial charge in [-0.3, -0.25) is 4.79 Å². The average Bonchev–Trinajstić information content (AvgIpc) is 2.18. The van der Waals surface area contributed by atoms with E-state index in [2.05, 4.69) is 11.8 Å². The fraction of sp³-hybridized carbons (Fsp3) is 0.182. The van der Waals surface area contributed by atoms with Crippen LogP contribution in [0.15, 0.2) is 18.2 Å². The van der Waals surface area contributed by atoms with Crippen LogP contribution >= 0.6 is 11.6 Å². The monoisotopic (exact) mass is 261 g/mol. The van der Waals surface area contributed by atoms with Gasteiger partial charge in [0, 0.05) is 5.56 Å². The normalized spacial score (nSPS) is 10.6. The van der Waals surface area contributed by atoms with Crippen LogP contribution in [0.2, 0.25) is 5.02 Å². The molecule has 0 aromatic heterocycles. The number of carbonyl (C=O) groups is 1. The van der Waals surface area contributed by atoms with Gasteiger partial charge in [0.05, 0.1) is 17.0 Å². The highest BCUT2D eigenvalue weighted by atomic mass is 35.5. The molecular formula is C11H7ClF3NO. The van der Waals surface area contributed by atoms with Crippen LogP contribution in [0.25, 0.3) is 0 Å². The van der Waals surface area contributed by atoms with Gasteiger partial charge in [-0.2, -0.15) is 13.2 Å². The van der Waals surface area contributed by atoms with E-state index in [1.807, 2.05) is 0 Å². The minimum atomic E-state index is -4.53. The summed E-state index contributed by atoms with van der Waals surface area (Å²) in [5, 5.41) is -0.391. The summed E-state index contributed by atoms with van der Waals surface area (Å²) >= 11 is 5.42. The summed E-state index contributed by atoms with van der Waals surface area (Å²) in [5.74, 6) is 4.13. The van der Waals surface area contributed by atoms with Crippen molar-refractivity contribution in [1.82, 2.24) is 0 Å². The van der Waals surface area contributed by atoms with Crippen LogP contribution < -0.4 is 5.73 Å². The minimum absolute atomic E-state index is 0.128. The first kappa shape index (κ1) is 13.4. The number of alkyl halides is 3. The van der Waals surface area contributed by atoms with Gasteiger partial charge >= 0.3 is 6.18 Å². The van der Waals surface area contributed by atoms with E-state index in [0.29, 0.717) is 0 Å². The van der Waals surface area contributed by atoms with Crippen molar-refractivity contribution in [3.8, 4) is 11.8 Å². The molecule has 1 aromatic rings. The molecule has 1 amide bonds. The second kappa shape index (κ2) is 5.11. The first-order valence-corrected chi connectivity index (χ1v) is 4.82. The van der Waals surface area contributed by atoms with E-state index in [1.54, 1.807) is 0 Å². The summed E-state index contributed by atoms with van der Waals surface area (Å²) in [4.78, 5) is 10.4. The average molecular weight is 262 g/mol. The molecule has 0 unspecified atom stereocenters.